The lowest BCUT2D eigenvalue weighted by Crippen LogP contribution is -2.38. The first-order chi connectivity index (χ1) is 10.6. The topological polar surface area (TPSA) is 66.8 Å². The summed E-state index contributed by atoms with van der Waals surface area (Å²) < 4.78 is 5.36. The summed E-state index contributed by atoms with van der Waals surface area (Å²) >= 11 is 0. The predicted octanol–water partition coefficient (Wildman–Crippen LogP) is 1.71. The molecule has 1 N–H and O–H groups in total. The number of carboxylic acids is 1. The van der Waals surface area contributed by atoms with Gasteiger partial charge in [-0.2, -0.15) is 0 Å². The molecule has 0 bridgehead atoms. The number of carbonyl (C=O) groups is 2. The number of carboxylic acid groups (broad SMARTS) is 1. The van der Waals surface area contributed by atoms with Gasteiger partial charge in [0.25, 0.3) is 5.91 Å². The Kier molecular flexibility index (Phi) is 4.43. The third kappa shape index (κ3) is 3.30. The number of hydrogen-bond acceptors (Lipinski definition) is 3. The maximum atomic E-state index is 12.4. The average Bonchev–Trinajstić information content (AvgIpc) is 3.17. The van der Waals surface area contributed by atoms with Crippen LogP contribution in [-0.2, 0) is 20.7 Å². The Morgan fingerprint density at radius 2 is 1.86 bits per heavy atom. The van der Waals surface area contributed by atoms with Gasteiger partial charge < -0.3 is 14.7 Å². The molecule has 0 aromatic heterocycles. The first-order valence-corrected chi connectivity index (χ1v) is 7.84. The van der Waals surface area contributed by atoms with Crippen molar-refractivity contribution in [3.8, 4) is 0 Å². The second-order valence-corrected chi connectivity index (χ2v) is 6.16. The number of ether oxygens (including phenoxy) is 1. The van der Waals surface area contributed by atoms with E-state index in [0.717, 1.165) is 25.9 Å². The van der Waals surface area contributed by atoms with Gasteiger partial charge in [0.1, 0.15) is 6.10 Å². The number of rotatable bonds is 4. The number of nitrogens with zero attached hydrogens (tertiary/aromatic N) is 1. The van der Waals surface area contributed by atoms with E-state index in [2.05, 4.69) is 12.1 Å². The van der Waals surface area contributed by atoms with Gasteiger partial charge in [-0.3, -0.25) is 4.79 Å². The van der Waals surface area contributed by atoms with Crippen LogP contribution in [0.4, 0.5) is 0 Å². The lowest BCUT2D eigenvalue weighted by molar-refractivity contribution is -0.154. The number of aliphatic carboxylic acids is 1. The summed E-state index contributed by atoms with van der Waals surface area (Å²) in [7, 11) is 0. The number of hydrogen-bond donors (Lipinski definition) is 1. The molecule has 1 unspecified atom stereocenters. The predicted molar refractivity (Wildman–Crippen MR) is 80.4 cm³/mol. The zero-order valence-electron chi connectivity index (χ0n) is 12.5. The Morgan fingerprint density at radius 3 is 2.55 bits per heavy atom. The summed E-state index contributed by atoms with van der Waals surface area (Å²) in [6.07, 6.45) is 1.51. The smallest absolute Gasteiger partial charge is 0.332 e. The fourth-order valence-electron chi connectivity index (χ4n) is 3.35. The molecule has 2 aliphatic rings. The summed E-state index contributed by atoms with van der Waals surface area (Å²) in [5, 5.41) is 8.93. The zero-order valence-corrected chi connectivity index (χ0v) is 12.5. The summed E-state index contributed by atoms with van der Waals surface area (Å²) in [4.78, 5) is 25.2. The summed E-state index contributed by atoms with van der Waals surface area (Å²) in [6.45, 7) is 1.49. The van der Waals surface area contributed by atoms with Crippen LogP contribution in [0, 0.1) is 5.92 Å². The fourth-order valence-corrected chi connectivity index (χ4v) is 3.35. The molecule has 0 saturated carbocycles. The molecule has 0 radical (unpaired) electrons. The second-order valence-electron chi connectivity index (χ2n) is 6.16. The standard InChI is InChI=1S/C17H21NO4/c19-16(14-6-7-15(22-14)17(20)21)18-9-8-13(11-18)10-12-4-2-1-3-5-12/h1-5,13-15H,6-11H2,(H,20,21)/t13?,14-,15+/m0/s1. The van der Waals surface area contributed by atoms with Crippen LogP contribution in [0.25, 0.3) is 0 Å². The Bertz CT molecular complexity index is 545. The van der Waals surface area contributed by atoms with Gasteiger partial charge in [-0.25, -0.2) is 4.79 Å². The molecule has 3 rings (SSSR count). The fraction of sp³-hybridized carbons (Fsp3) is 0.529. The quantitative estimate of drug-likeness (QED) is 0.919. The highest BCUT2D eigenvalue weighted by molar-refractivity contribution is 5.83. The first-order valence-electron chi connectivity index (χ1n) is 7.84. The van der Waals surface area contributed by atoms with E-state index >= 15 is 0 Å². The van der Waals surface area contributed by atoms with Crippen molar-refractivity contribution in [2.24, 2.45) is 5.92 Å². The van der Waals surface area contributed by atoms with Gasteiger partial charge in [-0.15, -0.1) is 0 Å². The minimum absolute atomic E-state index is 0.0423. The van der Waals surface area contributed by atoms with Gasteiger partial charge in [0.15, 0.2) is 6.10 Å². The van der Waals surface area contributed by atoms with E-state index in [1.165, 1.54) is 5.56 Å². The molecule has 1 aromatic rings. The minimum Gasteiger partial charge on any atom is -0.479 e. The van der Waals surface area contributed by atoms with Gasteiger partial charge in [-0.1, -0.05) is 30.3 Å². The maximum absolute atomic E-state index is 12.4. The molecule has 0 spiro atoms. The van der Waals surface area contributed by atoms with Gasteiger partial charge >= 0.3 is 5.97 Å². The van der Waals surface area contributed by atoms with Crippen molar-refractivity contribution in [1.29, 1.82) is 0 Å². The van der Waals surface area contributed by atoms with Crippen molar-refractivity contribution in [1.82, 2.24) is 4.90 Å². The van der Waals surface area contributed by atoms with Gasteiger partial charge in [0, 0.05) is 13.1 Å². The van der Waals surface area contributed by atoms with E-state index in [0.29, 0.717) is 18.8 Å². The molecule has 1 amide bonds. The van der Waals surface area contributed by atoms with Crippen LogP contribution in [0.5, 0.6) is 0 Å². The number of likely N-dealkylation sites (tertiary alicyclic amines) is 1. The Balaban J connectivity index is 1.52. The molecule has 22 heavy (non-hydrogen) atoms. The van der Waals surface area contributed by atoms with Crippen LogP contribution in [0.1, 0.15) is 24.8 Å². The van der Waals surface area contributed by atoms with Gasteiger partial charge in [0.2, 0.25) is 0 Å². The highest BCUT2D eigenvalue weighted by Gasteiger charge is 2.38. The van der Waals surface area contributed by atoms with Crippen molar-refractivity contribution in [3.05, 3.63) is 35.9 Å². The van der Waals surface area contributed by atoms with Gasteiger partial charge in [0.05, 0.1) is 0 Å². The molecule has 2 fully saturated rings. The molecule has 5 nitrogen and oxygen atoms in total. The molecule has 2 saturated heterocycles. The van der Waals surface area contributed by atoms with Crippen LogP contribution < -0.4 is 0 Å². The van der Waals surface area contributed by atoms with Crippen LogP contribution in [-0.4, -0.2) is 47.2 Å². The van der Waals surface area contributed by atoms with E-state index in [4.69, 9.17) is 9.84 Å². The number of amides is 1. The maximum Gasteiger partial charge on any atom is 0.332 e. The summed E-state index contributed by atoms with van der Waals surface area (Å²) in [6, 6.07) is 10.3. The van der Waals surface area contributed by atoms with Crippen molar-refractivity contribution in [2.75, 3.05) is 13.1 Å². The number of benzene rings is 1. The summed E-state index contributed by atoms with van der Waals surface area (Å²) in [5.41, 5.74) is 1.30. The van der Waals surface area contributed by atoms with E-state index in [1.54, 1.807) is 0 Å². The molecule has 0 aliphatic carbocycles. The zero-order chi connectivity index (χ0) is 15.5. The molecule has 2 aliphatic heterocycles. The van der Waals surface area contributed by atoms with Crippen molar-refractivity contribution in [3.63, 3.8) is 0 Å². The normalized spacial score (nSPS) is 28.0. The average molecular weight is 303 g/mol. The minimum atomic E-state index is -0.973. The first kappa shape index (κ1) is 15.0. The van der Waals surface area contributed by atoms with E-state index < -0.39 is 18.2 Å². The molecule has 2 heterocycles. The van der Waals surface area contributed by atoms with Crippen LogP contribution in [0.15, 0.2) is 30.3 Å². The molecule has 5 heteroatoms. The molecular formula is C17H21NO4. The Hall–Kier alpha value is -1.88. The molecule has 3 atom stereocenters. The third-order valence-corrected chi connectivity index (χ3v) is 4.54. The highest BCUT2D eigenvalue weighted by Crippen LogP contribution is 2.26. The van der Waals surface area contributed by atoms with Crippen LogP contribution >= 0.6 is 0 Å². The lowest BCUT2D eigenvalue weighted by Gasteiger charge is -2.20. The van der Waals surface area contributed by atoms with Gasteiger partial charge in [-0.05, 0) is 37.2 Å². The second kappa shape index (κ2) is 6.48. The SMILES string of the molecule is O=C(O)[C@H]1CC[C@@H](C(=O)N2CCC(Cc3ccccc3)C2)O1. The Labute approximate surface area is 129 Å². The Morgan fingerprint density at radius 1 is 1.14 bits per heavy atom. The molecule has 118 valence electrons. The molecule has 1 aromatic carbocycles. The van der Waals surface area contributed by atoms with Crippen molar-refractivity contribution < 1.29 is 19.4 Å². The van der Waals surface area contributed by atoms with Crippen LogP contribution in [0.2, 0.25) is 0 Å². The third-order valence-electron chi connectivity index (χ3n) is 4.54. The van der Waals surface area contributed by atoms with E-state index in [1.807, 2.05) is 23.1 Å². The largest absolute Gasteiger partial charge is 0.479 e. The molecular weight excluding hydrogens is 282 g/mol. The van der Waals surface area contributed by atoms with Crippen LogP contribution in [0.3, 0.4) is 0 Å². The van der Waals surface area contributed by atoms with E-state index in [9.17, 15) is 9.59 Å². The monoisotopic (exact) mass is 303 g/mol. The van der Waals surface area contributed by atoms with Crippen molar-refractivity contribution in [2.45, 2.75) is 37.9 Å². The highest BCUT2D eigenvalue weighted by atomic mass is 16.5. The lowest BCUT2D eigenvalue weighted by atomic mass is 9.99. The summed E-state index contributed by atoms with van der Waals surface area (Å²) in [5.74, 6) is -0.541. The number of carbonyl (C=O) groups excluding carboxylic acids is 1. The van der Waals surface area contributed by atoms with Crippen molar-refractivity contribution >= 4 is 11.9 Å². The van der Waals surface area contributed by atoms with E-state index in [-0.39, 0.29) is 5.91 Å².